The molecule has 0 radical (unpaired) electrons. The minimum Gasteiger partial charge on any atom is -0.423 e. The number of amides is 1. The minimum absolute atomic E-state index is 0.0196. The Morgan fingerprint density at radius 3 is 2.10 bits per heavy atom. The fourth-order valence-electron chi connectivity index (χ4n) is 3.78. The van der Waals surface area contributed by atoms with Crippen LogP contribution in [0.15, 0.2) is 48.5 Å². The van der Waals surface area contributed by atoms with Crippen molar-refractivity contribution in [2.75, 3.05) is 4.90 Å². The lowest BCUT2D eigenvalue weighted by atomic mass is 9.90. The van der Waals surface area contributed by atoms with Gasteiger partial charge in [-0.05, 0) is 61.4 Å². The predicted octanol–water partition coefficient (Wildman–Crippen LogP) is 4.64. The summed E-state index contributed by atoms with van der Waals surface area (Å²) in [5.74, 6) is -1.18. The van der Waals surface area contributed by atoms with Crippen molar-refractivity contribution in [1.82, 2.24) is 0 Å². The van der Waals surface area contributed by atoms with E-state index in [4.69, 9.17) is 4.74 Å². The highest BCUT2D eigenvalue weighted by molar-refractivity contribution is 5.98. The third-order valence-corrected chi connectivity index (χ3v) is 5.40. The lowest BCUT2D eigenvalue weighted by Crippen LogP contribution is -2.35. The van der Waals surface area contributed by atoms with E-state index in [9.17, 15) is 27.9 Å². The van der Waals surface area contributed by atoms with Crippen LogP contribution in [0.3, 0.4) is 0 Å². The largest absolute Gasteiger partial charge is 0.423 e. The minimum atomic E-state index is -4.48. The van der Waals surface area contributed by atoms with Gasteiger partial charge in [0.25, 0.3) is 0 Å². The van der Waals surface area contributed by atoms with Crippen LogP contribution >= 0.6 is 0 Å². The van der Waals surface area contributed by atoms with Crippen LogP contribution in [0.1, 0.15) is 42.6 Å². The molecule has 1 aliphatic rings. The van der Waals surface area contributed by atoms with E-state index < -0.39 is 23.9 Å². The van der Waals surface area contributed by atoms with E-state index in [-0.39, 0.29) is 29.1 Å². The number of aliphatic hydroxyl groups excluding tert-OH is 1. The van der Waals surface area contributed by atoms with E-state index in [1.165, 1.54) is 17.0 Å². The topological polar surface area (TPSA) is 66.8 Å². The fourth-order valence-corrected chi connectivity index (χ4v) is 3.78. The number of hydrogen-bond acceptors (Lipinski definition) is 4. The first kappa shape index (κ1) is 21.8. The Bertz CT molecular complexity index is 909. The molecule has 1 heterocycles. The number of benzene rings is 2. The number of ether oxygens (including phenoxy) is 1. The molecule has 30 heavy (non-hydrogen) atoms. The Labute approximate surface area is 172 Å². The Balaban J connectivity index is 1.72. The maximum atomic E-state index is 12.7. The summed E-state index contributed by atoms with van der Waals surface area (Å²) in [6.07, 6.45) is -4.10. The quantitative estimate of drug-likeness (QED) is 0.564. The molecule has 3 rings (SSSR count). The molecular weight excluding hydrogens is 399 g/mol. The number of carbonyl (C=O) groups excluding carboxylic acids is 2. The molecule has 160 valence electrons. The summed E-state index contributed by atoms with van der Waals surface area (Å²) < 4.78 is 43.1. The molecule has 0 saturated carbocycles. The standard InChI is InChI=1S/C22H22F3NO4/c1-3-17-18(4-2)20(28)26(19(17)27)15-9-11-16(12-10-15)30-21(29)13-5-7-14(8-6-13)22(23,24)25/h5-12,17-19,27H,3-4H2,1-2H3. The van der Waals surface area contributed by atoms with Crippen LogP contribution in [0.2, 0.25) is 0 Å². The van der Waals surface area contributed by atoms with Crippen molar-refractivity contribution in [3.8, 4) is 5.75 Å². The SMILES string of the molecule is CCC1C(=O)N(c2ccc(OC(=O)c3ccc(C(F)(F)F)cc3)cc2)C(O)C1CC. The van der Waals surface area contributed by atoms with Crippen molar-refractivity contribution in [2.24, 2.45) is 11.8 Å². The van der Waals surface area contributed by atoms with Gasteiger partial charge >= 0.3 is 12.1 Å². The zero-order valence-electron chi connectivity index (χ0n) is 16.5. The zero-order valence-corrected chi connectivity index (χ0v) is 16.5. The van der Waals surface area contributed by atoms with Gasteiger partial charge in [0, 0.05) is 17.5 Å². The molecule has 1 N–H and O–H groups in total. The van der Waals surface area contributed by atoms with Crippen molar-refractivity contribution in [3.63, 3.8) is 0 Å². The molecule has 1 amide bonds. The second kappa shape index (κ2) is 8.47. The molecule has 0 aliphatic carbocycles. The van der Waals surface area contributed by atoms with Gasteiger partial charge in [0.1, 0.15) is 12.0 Å². The van der Waals surface area contributed by atoms with Crippen LogP contribution in [-0.2, 0) is 11.0 Å². The number of carbonyl (C=O) groups is 2. The van der Waals surface area contributed by atoms with Gasteiger partial charge in [-0.2, -0.15) is 13.2 Å². The summed E-state index contributed by atoms with van der Waals surface area (Å²) in [5, 5.41) is 10.6. The molecule has 3 unspecified atom stereocenters. The maximum Gasteiger partial charge on any atom is 0.416 e. The first-order valence-corrected chi connectivity index (χ1v) is 9.68. The van der Waals surface area contributed by atoms with Gasteiger partial charge in [-0.3, -0.25) is 9.69 Å². The fraction of sp³-hybridized carbons (Fsp3) is 0.364. The van der Waals surface area contributed by atoms with Crippen LogP contribution in [0.4, 0.5) is 18.9 Å². The molecule has 1 fully saturated rings. The number of esters is 1. The monoisotopic (exact) mass is 421 g/mol. The molecule has 0 aromatic heterocycles. The van der Waals surface area contributed by atoms with Gasteiger partial charge in [0.2, 0.25) is 5.91 Å². The number of rotatable bonds is 5. The van der Waals surface area contributed by atoms with Crippen molar-refractivity contribution in [2.45, 2.75) is 39.1 Å². The second-order valence-electron chi connectivity index (χ2n) is 7.17. The van der Waals surface area contributed by atoms with Gasteiger partial charge < -0.3 is 9.84 Å². The van der Waals surface area contributed by atoms with Crippen molar-refractivity contribution in [1.29, 1.82) is 0 Å². The summed E-state index contributed by atoms with van der Waals surface area (Å²) >= 11 is 0. The Morgan fingerprint density at radius 2 is 1.63 bits per heavy atom. The van der Waals surface area contributed by atoms with Gasteiger partial charge in [0.15, 0.2) is 0 Å². The van der Waals surface area contributed by atoms with Crippen molar-refractivity contribution in [3.05, 3.63) is 59.7 Å². The van der Waals surface area contributed by atoms with Crippen molar-refractivity contribution < 1.29 is 32.6 Å². The molecule has 2 aromatic carbocycles. The van der Waals surface area contributed by atoms with E-state index in [0.29, 0.717) is 18.5 Å². The summed E-state index contributed by atoms with van der Waals surface area (Å²) in [7, 11) is 0. The summed E-state index contributed by atoms with van der Waals surface area (Å²) in [5.41, 5.74) is -0.391. The molecular formula is C22H22F3NO4. The van der Waals surface area contributed by atoms with Crippen LogP contribution < -0.4 is 9.64 Å². The smallest absolute Gasteiger partial charge is 0.416 e. The normalized spacial score (nSPS) is 21.7. The number of nitrogens with zero attached hydrogens (tertiary/aromatic N) is 1. The third kappa shape index (κ3) is 4.18. The molecule has 0 spiro atoms. The molecule has 1 aliphatic heterocycles. The number of hydrogen-bond donors (Lipinski definition) is 1. The molecule has 0 bridgehead atoms. The average Bonchev–Trinajstić information content (AvgIpc) is 2.96. The molecule has 1 saturated heterocycles. The summed E-state index contributed by atoms with van der Waals surface area (Å²) in [6.45, 7) is 3.84. The number of anilines is 1. The number of aliphatic hydroxyl groups is 1. The summed E-state index contributed by atoms with van der Waals surface area (Å²) in [4.78, 5) is 26.2. The first-order valence-electron chi connectivity index (χ1n) is 9.68. The Morgan fingerprint density at radius 1 is 1.03 bits per heavy atom. The van der Waals surface area contributed by atoms with E-state index in [2.05, 4.69) is 0 Å². The average molecular weight is 421 g/mol. The Hall–Kier alpha value is -2.87. The number of alkyl halides is 3. The van der Waals surface area contributed by atoms with Gasteiger partial charge in [-0.15, -0.1) is 0 Å². The lowest BCUT2D eigenvalue weighted by molar-refractivity contribution is -0.137. The van der Waals surface area contributed by atoms with Gasteiger partial charge in [-0.1, -0.05) is 13.8 Å². The predicted molar refractivity (Wildman–Crippen MR) is 104 cm³/mol. The van der Waals surface area contributed by atoms with Crippen molar-refractivity contribution >= 4 is 17.6 Å². The van der Waals surface area contributed by atoms with E-state index in [0.717, 1.165) is 24.3 Å². The van der Waals surface area contributed by atoms with Crippen LogP contribution in [0, 0.1) is 11.8 Å². The summed E-state index contributed by atoms with van der Waals surface area (Å²) in [6, 6.07) is 9.78. The second-order valence-corrected chi connectivity index (χ2v) is 7.17. The highest BCUT2D eigenvalue weighted by Gasteiger charge is 2.45. The van der Waals surface area contributed by atoms with Crippen LogP contribution in [0.5, 0.6) is 5.75 Å². The molecule has 2 aromatic rings. The van der Waals surface area contributed by atoms with Gasteiger partial charge in [0.05, 0.1) is 11.1 Å². The van der Waals surface area contributed by atoms with E-state index in [1.807, 2.05) is 13.8 Å². The maximum absolute atomic E-state index is 12.7. The Kier molecular flexibility index (Phi) is 6.17. The third-order valence-electron chi connectivity index (χ3n) is 5.40. The highest BCUT2D eigenvalue weighted by atomic mass is 19.4. The van der Waals surface area contributed by atoms with E-state index in [1.54, 1.807) is 12.1 Å². The molecule has 5 nitrogen and oxygen atoms in total. The van der Waals surface area contributed by atoms with E-state index >= 15 is 0 Å². The highest BCUT2D eigenvalue weighted by Crippen LogP contribution is 2.38. The lowest BCUT2D eigenvalue weighted by Gasteiger charge is -2.23. The molecule has 3 atom stereocenters. The van der Waals surface area contributed by atoms with Crippen LogP contribution in [-0.4, -0.2) is 23.2 Å². The number of halogens is 3. The van der Waals surface area contributed by atoms with Gasteiger partial charge in [-0.25, -0.2) is 4.79 Å². The zero-order chi connectivity index (χ0) is 22.1. The molecule has 8 heteroatoms. The van der Waals surface area contributed by atoms with Crippen LogP contribution in [0.25, 0.3) is 0 Å². The first-order chi connectivity index (χ1) is 14.2.